The molecule has 0 saturated heterocycles. The van der Waals surface area contributed by atoms with Crippen molar-refractivity contribution in [2.45, 2.75) is 32.8 Å². The number of hydrogen-bond donors (Lipinski definition) is 2. The molecule has 34 heavy (non-hydrogen) atoms. The van der Waals surface area contributed by atoms with Crippen LogP contribution in [-0.2, 0) is 14.3 Å². The summed E-state index contributed by atoms with van der Waals surface area (Å²) in [5.74, 6) is -0.747. The first-order valence-corrected chi connectivity index (χ1v) is 11.8. The quantitative estimate of drug-likeness (QED) is 0.531. The van der Waals surface area contributed by atoms with Gasteiger partial charge in [-0.3, -0.25) is 9.59 Å². The summed E-state index contributed by atoms with van der Waals surface area (Å²) in [6.07, 6.45) is -0.221. The molecule has 0 bridgehead atoms. The monoisotopic (exact) mass is 477 g/mol. The van der Waals surface area contributed by atoms with E-state index in [-0.39, 0.29) is 23.7 Å². The summed E-state index contributed by atoms with van der Waals surface area (Å²) in [4.78, 5) is 25.6. The summed E-state index contributed by atoms with van der Waals surface area (Å²) < 4.78 is 10.6. The molecule has 7 nitrogen and oxygen atoms in total. The fraction of sp³-hybridized carbons (Fsp3) is 0.269. The van der Waals surface area contributed by atoms with Gasteiger partial charge in [-0.1, -0.05) is 54.2 Å². The molecule has 0 radical (unpaired) electrons. The van der Waals surface area contributed by atoms with Crippen LogP contribution in [0.4, 0.5) is 5.69 Å². The van der Waals surface area contributed by atoms with E-state index in [1.54, 1.807) is 39.0 Å². The van der Waals surface area contributed by atoms with Crippen molar-refractivity contribution in [2.75, 3.05) is 18.2 Å². The van der Waals surface area contributed by atoms with Crippen molar-refractivity contribution in [3.05, 3.63) is 82.0 Å². The van der Waals surface area contributed by atoms with Gasteiger partial charge in [-0.25, -0.2) is 0 Å². The average molecular weight is 478 g/mol. The minimum atomic E-state index is -0.606. The molecule has 1 aliphatic heterocycles. The molecule has 1 aliphatic rings. The van der Waals surface area contributed by atoms with E-state index in [0.29, 0.717) is 33.3 Å². The van der Waals surface area contributed by atoms with E-state index in [9.17, 15) is 14.9 Å². The molecule has 3 rings (SSSR count). The number of thioether (sulfide) groups is 1. The molecule has 1 atom stereocenters. The van der Waals surface area contributed by atoms with E-state index in [0.717, 1.165) is 5.56 Å². The molecule has 2 aromatic rings. The minimum absolute atomic E-state index is 0.0449. The van der Waals surface area contributed by atoms with Crippen molar-refractivity contribution < 1.29 is 19.1 Å². The highest BCUT2D eigenvalue weighted by molar-refractivity contribution is 8.03. The molecule has 0 unspecified atom stereocenters. The van der Waals surface area contributed by atoms with Gasteiger partial charge < -0.3 is 20.1 Å². The number of allylic oxidation sites excluding steroid dienone is 2. The largest absolute Gasteiger partial charge is 0.495 e. The average Bonchev–Trinajstić information content (AvgIpc) is 2.82. The van der Waals surface area contributed by atoms with Gasteiger partial charge in [0.05, 0.1) is 47.2 Å². The normalized spacial score (nSPS) is 15.5. The van der Waals surface area contributed by atoms with Crippen molar-refractivity contribution in [1.82, 2.24) is 5.32 Å². The van der Waals surface area contributed by atoms with Gasteiger partial charge >= 0.3 is 5.97 Å². The molecule has 0 aromatic heterocycles. The highest BCUT2D eigenvalue weighted by Gasteiger charge is 2.35. The number of methoxy groups -OCH3 is 1. The van der Waals surface area contributed by atoms with E-state index in [2.05, 4.69) is 16.7 Å². The molecule has 0 fully saturated rings. The molecular weight excluding hydrogens is 450 g/mol. The summed E-state index contributed by atoms with van der Waals surface area (Å²) in [7, 11) is 1.54. The number of carbonyl (C=O) groups excluding carboxylic acids is 2. The number of ether oxygens (including phenoxy) is 2. The highest BCUT2D eigenvalue weighted by atomic mass is 32.2. The van der Waals surface area contributed by atoms with E-state index in [1.165, 1.54) is 18.9 Å². The third-order valence-corrected chi connectivity index (χ3v) is 6.07. The maximum Gasteiger partial charge on any atom is 0.316 e. The van der Waals surface area contributed by atoms with Crippen LogP contribution in [0.25, 0.3) is 0 Å². The van der Waals surface area contributed by atoms with Crippen LogP contribution < -0.4 is 15.4 Å². The molecular formula is C26H27N3O4S. The number of anilines is 1. The smallest absolute Gasteiger partial charge is 0.316 e. The lowest BCUT2D eigenvalue weighted by molar-refractivity contribution is -0.144. The second kappa shape index (κ2) is 11.4. The number of nitriles is 1. The number of rotatable bonds is 8. The number of carbonyl (C=O) groups is 2. The number of dihydropyridines is 1. The van der Waals surface area contributed by atoms with E-state index in [4.69, 9.17) is 9.47 Å². The molecule has 0 saturated carbocycles. The minimum Gasteiger partial charge on any atom is -0.495 e. The molecule has 2 aromatic carbocycles. The lowest BCUT2D eigenvalue weighted by Crippen LogP contribution is -2.31. The number of para-hydroxylation sites is 2. The molecule has 0 aliphatic carbocycles. The van der Waals surface area contributed by atoms with Crippen LogP contribution in [0.1, 0.15) is 32.3 Å². The number of benzene rings is 2. The van der Waals surface area contributed by atoms with Crippen LogP contribution in [0.15, 0.2) is 76.5 Å². The third-order valence-electron chi connectivity index (χ3n) is 5.08. The van der Waals surface area contributed by atoms with Crippen LogP contribution in [0, 0.1) is 11.3 Å². The zero-order valence-corrected chi connectivity index (χ0v) is 20.4. The highest BCUT2D eigenvalue weighted by Crippen LogP contribution is 2.41. The zero-order valence-electron chi connectivity index (χ0n) is 19.5. The first kappa shape index (κ1) is 24.9. The van der Waals surface area contributed by atoms with Gasteiger partial charge in [-0.05, 0) is 38.5 Å². The van der Waals surface area contributed by atoms with Crippen LogP contribution in [0.2, 0.25) is 0 Å². The molecule has 8 heteroatoms. The van der Waals surface area contributed by atoms with Gasteiger partial charge in [0.1, 0.15) is 5.75 Å². The fourth-order valence-electron chi connectivity index (χ4n) is 3.67. The van der Waals surface area contributed by atoms with Gasteiger partial charge in [-0.2, -0.15) is 5.26 Å². The van der Waals surface area contributed by atoms with Gasteiger partial charge in [0.15, 0.2) is 0 Å². The topological polar surface area (TPSA) is 100 Å². The number of amides is 1. The lowest BCUT2D eigenvalue weighted by Gasteiger charge is -2.30. The Bertz CT molecular complexity index is 1170. The Morgan fingerprint density at radius 1 is 1.15 bits per heavy atom. The number of nitrogens with one attached hydrogen (secondary N) is 2. The van der Waals surface area contributed by atoms with E-state index < -0.39 is 5.92 Å². The van der Waals surface area contributed by atoms with Crippen molar-refractivity contribution in [2.24, 2.45) is 0 Å². The summed E-state index contributed by atoms with van der Waals surface area (Å²) >= 11 is 1.19. The van der Waals surface area contributed by atoms with Crippen molar-refractivity contribution in [3.63, 3.8) is 0 Å². The van der Waals surface area contributed by atoms with Gasteiger partial charge in [-0.15, -0.1) is 0 Å². The number of nitrogens with zero attached hydrogens (tertiary/aromatic N) is 1. The second-order valence-corrected chi connectivity index (χ2v) is 8.83. The van der Waals surface area contributed by atoms with Crippen LogP contribution in [0.3, 0.4) is 0 Å². The summed E-state index contributed by atoms with van der Waals surface area (Å²) in [6.45, 7) is 5.35. The molecule has 1 amide bonds. The van der Waals surface area contributed by atoms with Gasteiger partial charge in [0, 0.05) is 11.3 Å². The van der Waals surface area contributed by atoms with E-state index in [1.807, 2.05) is 36.4 Å². The number of hydrogen-bond acceptors (Lipinski definition) is 7. The molecule has 0 spiro atoms. The van der Waals surface area contributed by atoms with Crippen molar-refractivity contribution >= 4 is 29.3 Å². The maximum absolute atomic E-state index is 13.5. The lowest BCUT2D eigenvalue weighted by atomic mass is 9.82. The van der Waals surface area contributed by atoms with Crippen molar-refractivity contribution in [1.29, 1.82) is 5.26 Å². The Hall–Kier alpha value is -3.70. The SMILES string of the molecule is COc1ccccc1NC(=O)C1=C(C)NC(SCC(=O)OC(C)C)=C(C#N)[C@H]1c1ccccc1. The Kier molecular flexibility index (Phi) is 8.39. The van der Waals surface area contributed by atoms with Gasteiger partial charge in [0.2, 0.25) is 0 Å². The Morgan fingerprint density at radius 3 is 2.47 bits per heavy atom. The Morgan fingerprint density at radius 2 is 1.82 bits per heavy atom. The van der Waals surface area contributed by atoms with Crippen LogP contribution in [-0.4, -0.2) is 30.8 Å². The predicted molar refractivity (Wildman–Crippen MR) is 133 cm³/mol. The van der Waals surface area contributed by atoms with Crippen LogP contribution >= 0.6 is 11.8 Å². The zero-order chi connectivity index (χ0) is 24.7. The van der Waals surface area contributed by atoms with Gasteiger partial charge in [0.25, 0.3) is 5.91 Å². The molecule has 1 heterocycles. The predicted octanol–water partition coefficient (Wildman–Crippen LogP) is 4.71. The summed E-state index contributed by atoms with van der Waals surface area (Å²) in [6, 6.07) is 18.8. The third kappa shape index (κ3) is 5.80. The Balaban J connectivity index is 1.98. The number of esters is 1. The fourth-order valence-corrected chi connectivity index (χ4v) is 4.55. The van der Waals surface area contributed by atoms with E-state index >= 15 is 0 Å². The second-order valence-electron chi connectivity index (χ2n) is 7.84. The molecule has 176 valence electrons. The summed E-state index contributed by atoms with van der Waals surface area (Å²) in [5.41, 5.74) is 2.71. The standard InChI is InChI=1S/C26H27N3O4S/c1-16(2)33-22(30)15-34-26-19(14-27)24(18-10-6-5-7-11-18)23(17(3)28-26)25(31)29-20-12-8-9-13-21(20)32-4/h5-13,16,24,28H,15H2,1-4H3,(H,29,31)/t24-/m1/s1. The first-order valence-electron chi connectivity index (χ1n) is 10.8. The summed E-state index contributed by atoms with van der Waals surface area (Å²) in [5, 5.41) is 16.7. The molecule has 2 N–H and O–H groups in total. The maximum atomic E-state index is 13.5. The van der Waals surface area contributed by atoms with Crippen LogP contribution in [0.5, 0.6) is 5.75 Å². The first-order chi connectivity index (χ1) is 16.3. The van der Waals surface area contributed by atoms with Crippen molar-refractivity contribution in [3.8, 4) is 11.8 Å². The Labute approximate surface area is 203 Å².